The summed E-state index contributed by atoms with van der Waals surface area (Å²) in [5.41, 5.74) is 1.03. The van der Waals surface area contributed by atoms with E-state index in [2.05, 4.69) is 49.1 Å². The van der Waals surface area contributed by atoms with Gasteiger partial charge in [0.15, 0.2) is 5.82 Å². The first-order valence-electron chi connectivity index (χ1n) is 9.23. The number of aromatic nitrogens is 2. The highest BCUT2D eigenvalue weighted by Gasteiger charge is 2.27. The van der Waals surface area contributed by atoms with Crippen LogP contribution in [0, 0.1) is 0 Å². The van der Waals surface area contributed by atoms with E-state index in [4.69, 9.17) is 0 Å². The number of nitrogens with zero attached hydrogens (tertiary/aromatic N) is 4. The second-order valence-electron chi connectivity index (χ2n) is 7.95. The molecule has 0 atom stereocenters. The summed E-state index contributed by atoms with van der Waals surface area (Å²) in [6.07, 6.45) is 7.33. The Balaban J connectivity index is 1.66. The van der Waals surface area contributed by atoms with Gasteiger partial charge in [0.1, 0.15) is 0 Å². The monoisotopic (exact) mass is 355 g/mol. The van der Waals surface area contributed by atoms with Gasteiger partial charge in [-0.1, -0.05) is 0 Å². The molecule has 1 N–H and O–H groups in total. The molecule has 0 unspecified atom stereocenters. The molecule has 0 radical (unpaired) electrons. The largest absolute Gasteiger partial charge is 0.377 e. The molecule has 26 heavy (non-hydrogen) atoms. The molecule has 0 aliphatic carbocycles. The van der Waals surface area contributed by atoms with Crippen LogP contribution in [0.5, 0.6) is 0 Å². The number of rotatable bonds is 3. The molecule has 1 fully saturated rings. The lowest BCUT2D eigenvalue weighted by molar-refractivity contribution is 0.182. The third kappa shape index (κ3) is 4.18. The van der Waals surface area contributed by atoms with Gasteiger partial charge < -0.3 is 15.1 Å². The summed E-state index contributed by atoms with van der Waals surface area (Å²) in [6, 6.07) is 8.23. The number of carbonyl (C=O) groups excluding carboxylic acids is 1. The first-order chi connectivity index (χ1) is 12.3. The Kier molecular flexibility index (Phi) is 5.20. The fraction of sp³-hybridized carbons (Fsp3) is 0.500. The number of anilines is 2. The smallest absolute Gasteiger partial charge is 0.328 e. The number of carbonyl (C=O) groups is 1. The number of hydrogen-bond acceptors (Lipinski definition) is 4. The maximum Gasteiger partial charge on any atom is 0.328 e. The van der Waals surface area contributed by atoms with Gasteiger partial charge in [-0.05, 0) is 57.9 Å². The minimum absolute atomic E-state index is 0.0226. The molecular weight excluding hydrogens is 326 g/mol. The van der Waals surface area contributed by atoms with E-state index in [-0.39, 0.29) is 11.6 Å². The fourth-order valence-corrected chi connectivity index (χ4v) is 3.42. The highest BCUT2D eigenvalue weighted by molar-refractivity contribution is 5.77. The van der Waals surface area contributed by atoms with Crippen molar-refractivity contribution in [2.24, 2.45) is 0 Å². The number of nitrogens with one attached hydrogen (secondary N) is 1. The molecule has 2 aromatic heterocycles. The minimum Gasteiger partial charge on any atom is -0.377 e. The lowest BCUT2D eigenvalue weighted by Crippen LogP contribution is -2.47. The summed E-state index contributed by atoms with van der Waals surface area (Å²) in [5.74, 6) is 0.970. The van der Waals surface area contributed by atoms with Gasteiger partial charge in [-0.15, -0.1) is 0 Å². The molecule has 3 heterocycles. The van der Waals surface area contributed by atoms with Crippen LogP contribution in [-0.4, -0.2) is 52.2 Å². The van der Waals surface area contributed by atoms with Crippen LogP contribution in [0.1, 0.15) is 33.6 Å². The summed E-state index contributed by atoms with van der Waals surface area (Å²) in [4.78, 5) is 21.3. The van der Waals surface area contributed by atoms with Crippen molar-refractivity contribution >= 4 is 17.5 Å². The van der Waals surface area contributed by atoms with Gasteiger partial charge in [-0.2, -0.15) is 0 Å². The van der Waals surface area contributed by atoms with Gasteiger partial charge in [0.25, 0.3) is 0 Å². The number of hydrogen-bond donors (Lipinski definition) is 1. The molecule has 3 rings (SSSR count). The van der Waals surface area contributed by atoms with Crippen molar-refractivity contribution in [1.29, 1.82) is 0 Å². The maximum atomic E-state index is 12.5. The fourth-order valence-electron chi connectivity index (χ4n) is 3.42. The van der Waals surface area contributed by atoms with Crippen molar-refractivity contribution in [3.05, 3.63) is 42.9 Å². The highest BCUT2D eigenvalue weighted by Crippen LogP contribution is 2.29. The van der Waals surface area contributed by atoms with Gasteiger partial charge in [-0.3, -0.25) is 4.57 Å². The molecule has 6 nitrogen and oxygen atoms in total. The van der Waals surface area contributed by atoms with Gasteiger partial charge in [0.2, 0.25) is 0 Å². The molecule has 140 valence electrons. The average molecular weight is 355 g/mol. The summed E-state index contributed by atoms with van der Waals surface area (Å²) >= 11 is 0. The predicted octanol–water partition coefficient (Wildman–Crippen LogP) is 3.66. The van der Waals surface area contributed by atoms with Gasteiger partial charge in [-0.25, -0.2) is 9.78 Å². The molecule has 1 aliphatic rings. The quantitative estimate of drug-likeness (QED) is 0.913. The van der Waals surface area contributed by atoms with Crippen LogP contribution in [0.15, 0.2) is 42.9 Å². The first kappa shape index (κ1) is 18.3. The van der Waals surface area contributed by atoms with E-state index in [1.165, 1.54) is 0 Å². The molecular formula is C20H29N5O. The number of piperidine rings is 1. The highest BCUT2D eigenvalue weighted by atomic mass is 16.2. The second kappa shape index (κ2) is 7.40. The maximum absolute atomic E-state index is 12.5. The van der Waals surface area contributed by atoms with Crippen molar-refractivity contribution in [2.75, 3.05) is 30.4 Å². The van der Waals surface area contributed by atoms with Crippen LogP contribution < -0.4 is 10.2 Å². The zero-order chi connectivity index (χ0) is 18.7. The summed E-state index contributed by atoms with van der Waals surface area (Å²) in [5, 5.41) is 3.54. The van der Waals surface area contributed by atoms with E-state index in [9.17, 15) is 4.79 Å². The standard InChI is InChI=1S/C20H29N5O/c1-20(2,3)22-17-8-7-11-21-18(17)23(4)16-9-14-25(15-10-16)19(26)24-12-5-6-13-24/h5-8,11-13,16,22H,9-10,14-15H2,1-4H3. The third-order valence-electron chi connectivity index (χ3n) is 4.74. The molecule has 0 bridgehead atoms. The van der Waals surface area contributed by atoms with Crippen molar-refractivity contribution in [3.8, 4) is 0 Å². The van der Waals surface area contributed by atoms with Crippen molar-refractivity contribution < 1.29 is 4.79 Å². The number of amides is 1. The predicted molar refractivity (Wildman–Crippen MR) is 106 cm³/mol. The van der Waals surface area contributed by atoms with Crippen LogP contribution in [0.4, 0.5) is 16.3 Å². The van der Waals surface area contributed by atoms with Crippen LogP contribution in [-0.2, 0) is 0 Å². The Morgan fingerprint density at radius 2 is 1.85 bits per heavy atom. The van der Waals surface area contributed by atoms with E-state index in [1.807, 2.05) is 29.3 Å². The van der Waals surface area contributed by atoms with E-state index < -0.39 is 0 Å². The Labute approximate surface area is 155 Å². The molecule has 0 spiro atoms. The molecule has 1 aliphatic heterocycles. The summed E-state index contributed by atoms with van der Waals surface area (Å²) in [7, 11) is 2.10. The van der Waals surface area contributed by atoms with E-state index in [0.29, 0.717) is 6.04 Å². The van der Waals surface area contributed by atoms with Gasteiger partial charge in [0, 0.05) is 50.3 Å². The van der Waals surface area contributed by atoms with E-state index in [1.54, 1.807) is 17.0 Å². The van der Waals surface area contributed by atoms with Crippen LogP contribution >= 0.6 is 0 Å². The van der Waals surface area contributed by atoms with Crippen molar-refractivity contribution in [1.82, 2.24) is 14.5 Å². The van der Waals surface area contributed by atoms with Crippen molar-refractivity contribution in [2.45, 2.75) is 45.2 Å². The van der Waals surface area contributed by atoms with Crippen LogP contribution in [0.25, 0.3) is 0 Å². The van der Waals surface area contributed by atoms with E-state index >= 15 is 0 Å². The summed E-state index contributed by atoms with van der Waals surface area (Å²) < 4.78 is 1.65. The molecule has 1 saturated heterocycles. The Hall–Kier alpha value is -2.50. The topological polar surface area (TPSA) is 53.4 Å². The Morgan fingerprint density at radius 3 is 2.46 bits per heavy atom. The Bertz CT molecular complexity index is 727. The third-order valence-corrected chi connectivity index (χ3v) is 4.74. The second-order valence-corrected chi connectivity index (χ2v) is 7.95. The normalized spacial score (nSPS) is 15.8. The molecule has 6 heteroatoms. The first-order valence-corrected chi connectivity index (χ1v) is 9.23. The minimum atomic E-state index is -0.0226. The molecule has 1 amide bonds. The SMILES string of the molecule is CN(c1ncccc1NC(C)(C)C)C1CCN(C(=O)n2cccc2)CC1. The lowest BCUT2D eigenvalue weighted by atomic mass is 10.0. The zero-order valence-electron chi connectivity index (χ0n) is 16.1. The van der Waals surface area contributed by atoms with E-state index in [0.717, 1.165) is 37.4 Å². The summed E-state index contributed by atoms with van der Waals surface area (Å²) in [6.45, 7) is 7.97. The lowest BCUT2D eigenvalue weighted by Gasteiger charge is -2.38. The number of pyridine rings is 1. The van der Waals surface area contributed by atoms with Gasteiger partial charge in [0.05, 0.1) is 5.69 Å². The zero-order valence-corrected chi connectivity index (χ0v) is 16.1. The van der Waals surface area contributed by atoms with Gasteiger partial charge >= 0.3 is 6.03 Å². The number of likely N-dealkylation sites (tertiary alicyclic amines) is 1. The molecule has 0 saturated carbocycles. The van der Waals surface area contributed by atoms with Crippen LogP contribution in [0.2, 0.25) is 0 Å². The molecule has 2 aromatic rings. The average Bonchev–Trinajstić information content (AvgIpc) is 3.14. The van der Waals surface area contributed by atoms with Crippen LogP contribution in [0.3, 0.4) is 0 Å². The Morgan fingerprint density at radius 1 is 1.19 bits per heavy atom. The molecule has 0 aromatic carbocycles. The van der Waals surface area contributed by atoms with Crippen molar-refractivity contribution in [3.63, 3.8) is 0 Å².